The van der Waals surface area contributed by atoms with E-state index < -0.39 is 6.10 Å². The molecular formula is C28H47N3O6. The number of carbonyl (C=O) groups excluding carboxylic acids is 2. The van der Waals surface area contributed by atoms with Crippen molar-refractivity contribution in [1.82, 2.24) is 15.5 Å². The first-order valence-corrected chi connectivity index (χ1v) is 13.3. The molecule has 37 heavy (non-hydrogen) atoms. The van der Waals surface area contributed by atoms with E-state index in [1.807, 2.05) is 32.6 Å². The number of rotatable bonds is 17. The Morgan fingerprint density at radius 2 is 1.78 bits per heavy atom. The molecule has 1 fully saturated rings. The van der Waals surface area contributed by atoms with Gasteiger partial charge < -0.3 is 34.5 Å². The Balaban J connectivity index is 2.03. The summed E-state index contributed by atoms with van der Waals surface area (Å²) in [4.78, 5) is 28.0. The Labute approximate surface area is 222 Å². The van der Waals surface area contributed by atoms with Crippen LogP contribution in [0.4, 0.5) is 0 Å². The molecule has 2 rings (SSSR count). The first kappa shape index (κ1) is 31.0. The summed E-state index contributed by atoms with van der Waals surface area (Å²) in [7, 11) is 4.83. The van der Waals surface area contributed by atoms with Crippen LogP contribution < -0.4 is 20.1 Å². The third-order valence-electron chi connectivity index (χ3n) is 6.84. The molecule has 3 atom stereocenters. The van der Waals surface area contributed by atoms with Gasteiger partial charge in [0.1, 0.15) is 6.10 Å². The first-order chi connectivity index (χ1) is 17.7. The number of carbonyl (C=O) groups is 2. The monoisotopic (exact) mass is 521 g/mol. The molecule has 2 N–H and O–H groups in total. The van der Waals surface area contributed by atoms with E-state index in [9.17, 15) is 9.59 Å². The molecule has 1 aromatic rings. The molecule has 0 radical (unpaired) electrons. The minimum absolute atomic E-state index is 0.0324. The van der Waals surface area contributed by atoms with Crippen molar-refractivity contribution in [1.29, 1.82) is 0 Å². The number of ether oxygens (including phenoxy) is 4. The Hall–Kier alpha value is -2.20. The summed E-state index contributed by atoms with van der Waals surface area (Å²) in [5, 5.41) is 6.79. The van der Waals surface area contributed by atoms with E-state index in [2.05, 4.69) is 10.6 Å². The number of nitrogens with zero attached hydrogens (tertiary/aromatic N) is 1. The summed E-state index contributed by atoms with van der Waals surface area (Å²) in [5.74, 6) is 1.92. The topological polar surface area (TPSA) is 98.4 Å². The van der Waals surface area contributed by atoms with E-state index in [4.69, 9.17) is 18.9 Å². The van der Waals surface area contributed by atoms with Gasteiger partial charge in [0, 0.05) is 51.9 Å². The number of hydrogen-bond acceptors (Lipinski definition) is 8. The van der Waals surface area contributed by atoms with Crippen LogP contribution in [0.5, 0.6) is 11.5 Å². The number of Topliss-reactive ketones (excluding diaryl/α,β-unsaturated/α-hetero) is 1. The SMILES string of the molecule is COCCCOc1cc(C(=O)N(C[C@@H]2CNC[C@H]2CNCC(=O)[C@@H](OC)C(C)C)C(C)C)ccc1OC. The lowest BCUT2D eigenvalue weighted by Crippen LogP contribution is -2.44. The predicted octanol–water partition coefficient (Wildman–Crippen LogP) is 2.63. The number of ketones is 1. The van der Waals surface area contributed by atoms with Gasteiger partial charge in [-0.15, -0.1) is 0 Å². The molecule has 0 unspecified atom stereocenters. The fraction of sp³-hybridized carbons (Fsp3) is 0.714. The van der Waals surface area contributed by atoms with E-state index in [1.54, 1.807) is 39.5 Å². The maximum Gasteiger partial charge on any atom is 0.254 e. The van der Waals surface area contributed by atoms with Crippen molar-refractivity contribution in [2.75, 3.05) is 67.3 Å². The maximum atomic E-state index is 13.6. The van der Waals surface area contributed by atoms with Crippen LogP contribution >= 0.6 is 0 Å². The van der Waals surface area contributed by atoms with Gasteiger partial charge in [-0.25, -0.2) is 0 Å². The van der Waals surface area contributed by atoms with Crippen LogP contribution in [-0.2, 0) is 14.3 Å². The second-order valence-corrected chi connectivity index (χ2v) is 10.3. The van der Waals surface area contributed by atoms with E-state index in [1.165, 1.54) is 0 Å². The molecule has 1 aliphatic rings. The molecule has 1 aliphatic heterocycles. The summed E-state index contributed by atoms with van der Waals surface area (Å²) in [6.45, 7) is 12.4. The van der Waals surface area contributed by atoms with Gasteiger partial charge in [0.05, 0.1) is 20.3 Å². The molecule has 210 valence electrons. The zero-order chi connectivity index (χ0) is 27.4. The number of methoxy groups -OCH3 is 3. The lowest BCUT2D eigenvalue weighted by atomic mass is 9.94. The first-order valence-electron chi connectivity index (χ1n) is 13.3. The van der Waals surface area contributed by atoms with Crippen molar-refractivity contribution in [2.45, 2.75) is 46.3 Å². The van der Waals surface area contributed by atoms with Crippen LogP contribution in [0, 0.1) is 17.8 Å². The van der Waals surface area contributed by atoms with Crippen molar-refractivity contribution >= 4 is 11.7 Å². The van der Waals surface area contributed by atoms with Gasteiger partial charge in [-0.05, 0) is 62.9 Å². The van der Waals surface area contributed by atoms with Crippen LogP contribution in [0.1, 0.15) is 44.5 Å². The van der Waals surface area contributed by atoms with E-state index >= 15 is 0 Å². The van der Waals surface area contributed by atoms with Gasteiger partial charge in [0.15, 0.2) is 17.3 Å². The molecule has 1 aromatic carbocycles. The number of hydrogen-bond donors (Lipinski definition) is 2. The fourth-order valence-corrected chi connectivity index (χ4v) is 4.75. The number of benzene rings is 1. The third-order valence-corrected chi connectivity index (χ3v) is 6.84. The average molecular weight is 522 g/mol. The van der Waals surface area contributed by atoms with Crippen LogP contribution in [0.15, 0.2) is 18.2 Å². The van der Waals surface area contributed by atoms with Crippen molar-refractivity contribution < 1.29 is 28.5 Å². The van der Waals surface area contributed by atoms with Crippen molar-refractivity contribution in [3.05, 3.63) is 23.8 Å². The smallest absolute Gasteiger partial charge is 0.254 e. The Kier molecular flexibility index (Phi) is 13.3. The van der Waals surface area contributed by atoms with Crippen molar-refractivity contribution in [3.8, 4) is 11.5 Å². The lowest BCUT2D eigenvalue weighted by Gasteiger charge is -2.32. The van der Waals surface area contributed by atoms with Crippen molar-refractivity contribution in [2.24, 2.45) is 17.8 Å². The second kappa shape index (κ2) is 15.9. The highest BCUT2D eigenvalue weighted by Crippen LogP contribution is 2.29. The van der Waals surface area contributed by atoms with Gasteiger partial charge in [0.2, 0.25) is 0 Å². The standard InChI is InChI=1S/C28H47N3O6/c1-19(2)27(36-7)24(32)17-30-15-22-14-29-16-23(22)18-31(20(3)4)28(33)21-9-10-25(35-6)26(13-21)37-12-8-11-34-5/h9-10,13,19-20,22-23,27,29-30H,8,11-12,14-18H2,1-7H3/t22-,23-,27-/m0/s1. The normalized spacial score (nSPS) is 18.3. The summed E-state index contributed by atoms with van der Waals surface area (Å²) in [5.41, 5.74) is 0.571. The van der Waals surface area contributed by atoms with Gasteiger partial charge >= 0.3 is 0 Å². The molecule has 0 bridgehead atoms. The molecule has 1 saturated heterocycles. The molecule has 9 nitrogen and oxygen atoms in total. The summed E-state index contributed by atoms with van der Waals surface area (Å²) >= 11 is 0. The Morgan fingerprint density at radius 1 is 1.05 bits per heavy atom. The van der Waals surface area contributed by atoms with Crippen LogP contribution in [0.2, 0.25) is 0 Å². The van der Waals surface area contributed by atoms with Crippen molar-refractivity contribution in [3.63, 3.8) is 0 Å². The molecule has 0 saturated carbocycles. The molecular weight excluding hydrogens is 474 g/mol. The maximum absolute atomic E-state index is 13.6. The van der Waals surface area contributed by atoms with Gasteiger partial charge in [-0.1, -0.05) is 13.8 Å². The minimum Gasteiger partial charge on any atom is -0.493 e. The van der Waals surface area contributed by atoms with Gasteiger partial charge in [-0.2, -0.15) is 0 Å². The van der Waals surface area contributed by atoms with Gasteiger partial charge in [0.25, 0.3) is 5.91 Å². The van der Waals surface area contributed by atoms with E-state index in [-0.39, 0.29) is 36.1 Å². The zero-order valence-electron chi connectivity index (χ0n) is 23.7. The quantitative estimate of drug-likeness (QED) is 0.302. The molecule has 9 heteroatoms. The Bertz CT molecular complexity index is 847. The van der Waals surface area contributed by atoms with Crippen LogP contribution in [-0.4, -0.2) is 96.0 Å². The highest BCUT2D eigenvalue weighted by Gasteiger charge is 2.32. The molecule has 0 aliphatic carbocycles. The minimum atomic E-state index is -0.391. The molecule has 0 aromatic heterocycles. The molecule has 0 spiro atoms. The predicted molar refractivity (Wildman–Crippen MR) is 145 cm³/mol. The number of amides is 1. The van der Waals surface area contributed by atoms with Crippen LogP contribution in [0.3, 0.4) is 0 Å². The summed E-state index contributed by atoms with van der Waals surface area (Å²) in [6.07, 6.45) is 0.354. The lowest BCUT2D eigenvalue weighted by molar-refractivity contribution is -0.130. The summed E-state index contributed by atoms with van der Waals surface area (Å²) < 4.78 is 21.7. The van der Waals surface area contributed by atoms with Gasteiger partial charge in [-0.3, -0.25) is 9.59 Å². The van der Waals surface area contributed by atoms with Crippen LogP contribution in [0.25, 0.3) is 0 Å². The van der Waals surface area contributed by atoms with E-state index in [0.29, 0.717) is 49.3 Å². The highest BCUT2D eigenvalue weighted by atomic mass is 16.5. The Morgan fingerprint density at radius 3 is 2.41 bits per heavy atom. The average Bonchev–Trinajstić information content (AvgIpc) is 3.31. The van der Waals surface area contributed by atoms with E-state index in [0.717, 1.165) is 19.5 Å². The molecule has 1 heterocycles. The third kappa shape index (κ3) is 9.25. The second-order valence-electron chi connectivity index (χ2n) is 10.3. The summed E-state index contributed by atoms with van der Waals surface area (Å²) in [6, 6.07) is 5.37. The zero-order valence-corrected chi connectivity index (χ0v) is 23.7. The largest absolute Gasteiger partial charge is 0.493 e. The number of nitrogens with one attached hydrogen (secondary N) is 2. The highest BCUT2D eigenvalue weighted by molar-refractivity contribution is 5.95. The fourth-order valence-electron chi connectivity index (χ4n) is 4.75. The molecule has 1 amide bonds.